The van der Waals surface area contributed by atoms with E-state index in [1.165, 1.54) is 0 Å². The van der Waals surface area contributed by atoms with E-state index in [2.05, 4.69) is 17.1 Å². The Hall–Kier alpha value is -0.610. The summed E-state index contributed by atoms with van der Waals surface area (Å²) < 4.78 is 0. The Balaban J connectivity index is 2.33. The molecule has 0 aromatic carbocycles. The average molecular weight is 228 g/mol. The Kier molecular flexibility index (Phi) is 5.77. The molecule has 0 amide bonds. The zero-order chi connectivity index (χ0) is 12.0. The third kappa shape index (κ3) is 3.76. The van der Waals surface area contributed by atoms with Gasteiger partial charge in [-0.2, -0.15) is 0 Å². The van der Waals surface area contributed by atoms with E-state index >= 15 is 0 Å². The Bertz CT molecular complexity index is 213. The van der Waals surface area contributed by atoms with Gasteiger partial charge >= 0.3 is 5.97 Å². The van der Waals surface area contributed by atoms with Crippen LogP contribution in [0.5, 0.6) is 0 Å². The predicted molar refractivity (Wildman–Crippen MR) is 64.6 cm³/mol. The number of likely N-dealkylation sites (tertiary alicyclic amines) is 1. The van der Waals surface area contributed by atoms with Gasteiger partial charge < -0.3 is 10.4 Å². The number of hydrogen-bond donors (Lipinski definition) is 2. The second-order valence-corrected chi connectivity index (χ2v) is 4.55. The van der Waals surface area contributed by atoms with Gasteiger partial charge in [-0.1, -0.05) is 13.8 Å². The summed E-state index contributed by atoms with van der Waals surface area (Å²) >= 11 is 0. The van der Waals surface area contributed by atoms with Crippen LogP contribution in [0, 0.1) is 5.92 Å². The minimum absolute atomic E-state index is 0.278. The maximum absolute atomic E-state index is 11.0. The smallest absolute Gasteiger partial charge is 0.320 e. The van der Waals surface area contributed by atoms with Crippen LogP contribution in [0.4, 0.5) is 0 Å². The lowest BCUT2D eigenvalue weighted by Crippen LogP contribution is -2.46. The molecule has 94 valence electrons. The molecule has 1 rings (SSSR count). The van der Waals surface area contributed by atoms with E-state index in [4.69, 9.17) is 5.11 Å². The molecule has 1 saturated heterocycles. The zero-order valence-electron chi connectivity index (χ0n) is 10.4. The highest BCUT2D eigenvalue weighted by atomic mass is 16.4. The van der Waals surface area contributed by atoms with Crippen molar-refractivity contribution in [1.29, 1.82) is 0 Å². The SMILES string of the molecule is CCNCC1CCN(C(CC)C(=O)O)CC1. The summed E-state index contributed by atoms with van der Waals surface area (Å²) in [6.45, 7) is 8.03. The number of piperidine rings is 1. The van der Waals surface area contributed by atoms with Crippen molar-refractivity contribution < 1.29 is 9.90 Å². The average Bonchev–Trinajstić information content (AvgIpc) is 2.28. The van der Waals surface area contributed by atoms with E-state index in [1.807, 2.05) is 6.92 Å². The number of carbonyl (C=O) groups is 1. The van der Waals surface area contributed by atoms with E-state index in [-0.39, 0.29) is 6.04 Å². The Labute approximate surface area is 98.0 Å². The van der Waals surface area contributed by atoms with Crippen LogP contribution in [-0.2, 0) is 4.79 Å². The molecule has 1 fully saturated rings. The summed E-state index contributed by atoms with van der Waals surface area (Å²) in [4.78, 5) is 13.1. The van der Waals surface area contributed by atoms with Crippen LogP contribution in [0.2, 0.25) is 0 Å². The van der Waals surface area contributed by atoms with Crippen LogP contribution < -0.4 is 5.32 Å². The standard InChI is InChI=1S/C12H24N2O2/c1-3-11(12(15)16)14-7-5-10(6-8-14)9-13-4-2/h10-11,13H,3-9H2,1-2H3,(H,15,16). The molecule has 1 atom stereocenters. The Morgan fingerprint density at radius 3 is 2.50 bits per heavy atom. The Morgan fingerprint density at radius 2 is 2.06 bits per heavy atom. The quantitative estimate of drug-likeness (QED) is 0.716. The molecule has 0 aliphatic carbocycles. The topological polar surface area (TPSA) is 52.6 Å². The van der Waals surface area contributed by atoms with Gasteiger partial charge in [0.2, 0.25) is 0 Å². The molecule has 1 aliphatic rings. The fourth-order valence-corrected chi connectivity index (χ4v) is 2.41. The van der Waals surface area contributed by atoms with Gasteiger partial charge in [-0.05, 0) is 51.4 Å². The van der Waals surface area contributed by atoms with E-state index in [1.54, 1.807) is 0 Å². The van der Waals surface area contributed by atoms with Crippen LogP contribution in [0.1, 0.15) is 33.1 Å². The van der Waals surface area contributed by atoms with Crippen molar-refractivity contribution in [3.05, 3.63) is 0 Å². The Morgan fingerprint density at radius 1 is 1.44 bits per heavy atom. The van der Waals surface area contributed by atoms with Crippen molar-refractivity contribution in [2.24, 2.45) is 5.92 Å². The van der Waals surface area contributed by atoms with E-state index < -0.39 is 5.97 Å². The molecule has 1 aliphatic heterocycles. The van der Waals surface area contributed by atoms with Crippen LogP contribution in [0.15, 0.2) is 0 Å². The molecular weight excluding hydrogens is 204 g/mol. The van der Waals surface area contributed by atoms with Gasteiger partial charge in [-0.15, -0.1) is 0 Å². The summed E-state index contributed by atoms with van der Waals surface area (Å²) in [7, 11) is 0. The fourth-order valence-electron chi connectivity index (χ4n) is 2.41. The lowest BCUT2D eigenvalue weighted by molar-refractivity contribution is -0.144. The van der Waals surface area contributed by atoms with Crippen LogP contribution in [0.25, 0.3) is 0 Å². The molecule has 0 saturated carbocycles. The molecular formula is C12H24N2O2. The van der Waals surface area contributed by atoms with Crippen LogP contribution in [0.3, 0.4) is 0 Å². The van der Waals surface area contributed by atoms with Crippen molar-refractivity contribution in [3.8, 4) is 0 Å². The van der Waals surface area contributed by atoms with Gasteiger partial charge in [-0.25, -0.2) is 0 Å². The number of rotatable bonds is 6. The van der Waals surface area contributed by atoms with Crippen molar-refractivity contribution in [2.75, 3.05) is 26.2 Å². The van der Waals surface area contributed by atoms with Crippen LogP contribution in [-0.4, -0.2) is 48.2 Å². The molecule has 4 nitrogen and oxygen atoms in total. The first-order valence-electron chi connectivity index (χ1n) is 6.36. The highest BCUT2D eigenvalue weighted by Gasteiger charge is 2.27. The minimum atomic E-state index is -0.673. The molecule has 16 heavy (non-hydrogen) atoms. The number of carboxylic acids is 1. The van der Waals surface area contributed by atoms with Crippen molar-refractivity contribution >= 4 is 5.97 Å². The molecule has 0 aromatic heterocycles. The second kappa shape index (κ2) is 6.86. The van der Waals surface area contributed by atoms with E-state index in [0.29, 0.717) is 6.42 Å². The normalized spacial score (nSPS) is 20.9. The number of aliphatic carboxylic acids is 1. The van der Waals surface area contributed by atoms with Gasteiger partial charge in [0.25, 0.3) is 0 Å². The molecule has 0 spiro atoms. The number of nitrogens with zero attached hydrogens (tertiary/aromatic N) is 1. The summed E-state index contributed by atoms with van der Waals surface area (Å²) in [5.74, 6) is 0.0511. The molecule has 1 unspecified atom stereocenters. The predicted octanol–water partition coefficient (Wildman–Crippen LogP) is 1.17. The lowest BCUT2D eigenvalue weighted by atomic mass is 9.95. The molecule has 1 heterocycles. The van der Waals surface area contributed by atoms with Crippen molar-refractivity contribution in [2.45, 2.75) is 39.2 Å². The maximum Gasteiger partial charge on any atom is 0.320 e. The van der Waals surface area contributed by atoms with Gasteiger partial charge in [0, 0.05) is 0 Å². The number of nitrogens with one attached hydrogen (secondary N) is 1. The molecule has 0 aromatic rings. The highest BCUT2D eigenvalue weighted by Crippen LogP contribution is 2.19. The summed E-state index contributed by atoms with van der Waals surface area (Å²) in [6, 6.07) is -0.278. The number of carboxylic acid groups (broad SMARTS) is 1. The highest BCUT2D eigenvalue weighted by molar-refractivity contribution is 5.73. The van der Waals surface area contributed by atoms with E-state index in [9.17, 15) is 4.79 Å². The van der Waals surface area contributed by atoms with Gasteiger partial charge in [0.05, 0.1) is 0 Å². The summed E-state index contributed by atoms with van der Waals surface area (Å²) in [6.07, 6.45) is 2.95. The van der Waals surface area contributed by atoms with Crippen molar-refractivity contribution in [3.63, 3.8) is 0 Å². The van der Waals surface area contributed by atoms with E-state index in [0.717, 1.165) is 44.9 Å². The summed E-state index contributed by atoms with van der Waals surface area (Å²) in [5.41, 5.74) is 0. The second-order valence-electron chi connectivity index (χ2n) is 4.55. The van der Waals surface area contributed by atoms with Gasteiger partial charge in [0.1, 0.15) is 6.04 Å². The molecule has 0 bridgehead atoms. The van der Waals surface area contributed by atoms with Crippen LogP contribution >= 0.6 is 0 Å². The molecule has 4 heteroatoms. The molecule has 2 N–H and O–H groups in total. The first kappa shape index (κ1) is 13.5. The van der Waals surface area contributed by atoms with Crippen molar-refractivity contribution in [1.82, 2.24) is 10.2 Å². The minimum Gasteiger partial charge on any atom is -0.480 e. The largest absolute Gasteiger partial charge is 0.480 e. The molecule has 0 radical (unpaired) electrons. The first-order valence-corrected chi connectivity index (χ1v) is 6.36. The third-order valence-corrected chi connectivity index (χ3v) is 3.44. The maximum atomic E-state index is 11.0. The number of hydrogen-bond acceptors (Lipinski definition) is 3. The first-order chi connectivity index (χ1) is 7.69. The monoisotopic (exact) mass is 228 g/mol. The van der Waals surface area contributed by atoms with Gasteiger partial charge in [-0.3, -0.25) is 9.69 Å². The fraction of sp³-hybridized carbons (Fsp3) is 0.917. The lowest BCUT2D eigenvalue weighted by Gasteiger charge is -2.35. The third-order valence-electron chi connectivity index (χ3n) is 3.44. The zero-order valence-corrected chi connectivity index (χ0v) is 10.4. The van der Waals surface area contributed by atoms with Gasteiger partial charge in [0.15, 0.2) is 0 Å². The summed E-state index contributed by atoms with van der Waals surface area (Å²) in [5, 5.41) is 12.4.